The van der Waals surface area contributed by atoms with Crippen molar-refractivity contribution in [3.8, 4) is 0 Å². The molecule has 3 aliphatic rings. The molecule has 0 bridgehead atoms. The van der Waals surface area contributed by atoms with E-state index in [-0.39, 0.29) is 11.2 Å². The molecule has 33 heavy (non-hydrogen) atoms. The van der Waals surface area contributed by atoms with Gasteiger partial charge in [-0.3, -0.25) is 4.98 Å². The molecule has 0 amide bonds. The number of aromatic nitrogens is 1. The second kappa shape index (κ2) is 8.76. The summed E-state index contributed by atoms with van der Waals surface area (Å²) in [6, 6.07) is 2.05. The molecule has 8 heteroatoms. The highest BCUT2D eigenvalue weighted by Crippen LogP contribution is 2.50. The van der Waals surface area contributed by atoms with E-state index in [0.717, 1.165) is 66.2 Å². The van der Waals surface area contributed by atoms with Crippen LogP contribution in [0.3, 0.4) is 0 Å². The molecule has 2 aliphatic carbocycles. The minimum atomic E-state index is -4.45. The molecular weight excluding hydrogens is 449 g/mol. The van der Waals surface area contributed by atoms with Crippen molar-refractivity contribution in [2.75, 3.05) is 13.1 Å². The first kappa shape index (κ1) is 23.8. The van der Waals surface area contributed by atoms with Gasteiger partial charge < -0.3 is 16.0 Å². The molecule has 3 N–H and O–H groups in total. The van der Waals surface area contributed by atoms with Crippen LogP contribution in [-0.2, 0) is 6.18 Å². The predicted octanol–water partition coefficient (Wildman–Crippen LogP) is 5.98. The van der Waals surface area contributed by atoms with Gasteiger partial charge in [0, 0.05) is 40.6 Å². The minimum Gasteiger partial charge on any atom is -0.379 e. The van der Waals surface area contributed by atoms with Crippen molar-refractivity contribution in [3.05, 3.63) is 70.2 Å². The number of rotatable bonds is 5. The third-order valence-electron chi connectivity index (χ3n) is 7.04. The van der Waals surface area contributed by atoms with Crippen molar-refractivity contribution in [1.82, 2.24) is 15.6 Å². The predicted molar refractivity (Wildman–Crippen MR) is 126 cm³/mol. The summed E-state index contributed by atoms with van der Waals surface area (Å²) in [5.41, 5.74) is 2.05. The van der Waals surface area contributed by atoms with E-state index in [1.54, 1.807) is 0 Å². The van der Waals surface area contributed by atoms with Crippen LogP contribution >= 0.6 is 11.6 Å². The zero-order valence-corrected chi connectivity index (χ0v) is 19.3. The summed E-state index contributed by atoms with van der Waals surface area (Å²) in [4.78, 5) is 4.23. The minimum absolute atomic E-state index is 0.175. The van der Waals surface area contributed by atoms with E-state index in [1.165, 1.54) is 12.4 Å². The number of pyridine rings is 1. The fraction of sp³-hybridized carbons (Fsp3) is 0.440. The largest absolute Gasteiger partial charge is 0.416 e. The SMILES string of the molecule is C=C(c1cc(C(F)(F)F)ccn1)C12CNCCC1=CC(NC1(C)CC=C(Cl)CC1)=C(C=N)C2. The summed E-state index contributed by atoms with van der Waals surface area (Å²) in [5, 5.41) is 16.0. The Balaban J connectivity index is 1.69. The maximum atomic E-state index is 13.3. The molecule has 4 nitrogen and oxygen atoms in total. The molecular formula is C25H28ClF3N4. The number of nitrogens with one attached hydrogen (secondary N) is 3. The highest BCUT2D eigenvalue weighted by atomic mass is 35.5. The Morgan fingerprint density at radius 3 is 2.82 bits per heavy atom. The van der Waals surface area contributed by atoms with E-state index in [1.807, 2.05) is 6.08 Å². The van der Waals surface area contributed by atoms with Crippen molar-refractivity contribution >= 4 is 23.4 Å². The lowest BCUT2D eigenvalue weighted by Gasteiger charge is -2.46. The van der Waals surface area contributed by atoms with Gasteiger partial charge in [0.1, 0.15) is 0 Å². The summed E-state index contributed by atoms with van der Waals surface area (Å²) in [6.45, 7) is 7.69. The summed E-state index contributed by atoms with van der Waals surface area (Å²) in [7, 11) is 0. The van der Waals surface area contributed by atoms with Crippen LogP contribution in [0.4, 0.5) is 13.2 Å². The summed E-state index contributed by atoms with van der Waals surface area (Å²) >= 11 is 6.16. The topological polar surface area (TPSA) is 60.8 Å². The Labute approximate surface area is 197 Å². The van der Waals surface area contributed by atoms with Gasteiger partial charge in [0.25, 0.3) is 0 Å². The number of fused-ring (bicyclic) bond motifs is 1. The molecule has 1 saturated heterocycles. The Bertz CT molecular complexity index is 1070. The normalized spacial score (nSPS) is 27.9. The number of nitrogens with zero attached hydrogens (tertiary/aromatic N) is 1. The molecule has 0 radical (unpaired) electrons. The standard InChI is InChI=1S/C25H28ClF3N4/c1-16(21-12-19(6-10-32-21)25(27,28)29)24-13-17(14-30)22(11-18(24)5-9-31-15-24)33-23(2)7-3-20(26)4-8-23/h3,6,10-12,14,30-31,33H,1,4-5,7-9,13,15H2,2H3. The lowest BCUT2D eigenvalue weighted by Crippen LogP contribution is -2.47. The van der Waals surface area contributed by atoms with Crippen molar-refractivity contribution < 1.29 is 13.2 Å². The molecule has 2 unspecified atom stereocenters. The Kier molecular flexibility index (Phi) is 6.31. The van der Waals surface area contributed by atoms with E-state index in [9.17, 15) is 13.2 Å². The quantitative estimate of drug-likeness (QED) is 0.458. The van der Waals surface area contributed by atoms with E-state index in [0.29, 0.717) is 18.5 Å². The monoisotopic (exact) mass is 476 g/mol. The van der Waals surface area contributed by atoms with E-state index in [2.05, 4.69) is 35.2 Å². The molecule has 1 aliphatic heterocycles. The van der Waals surface area contributed by atoms with Gasteiger partial charge >= 0.3 is 6.18 Å². The van der Waals surface area contributed by atoms with Crippen LogP contribution in [-0.4, -0.2) is 29.8 Å². The van der Waals surface area contributed by atoms with Gasteiger partial charge in [0.05, 0.1) is 11.3 Å². The molecule has 1 fully saturated rings. The van der Waals surface area contributed by atoms with Crippen LogP contribution in [0.1, 0.15) is 50.3 Å². The average molecular weight is 477 g/mol. The number of allylic oxidation sites excluding steroid dienone is 3. The van der Waals surface area contributed by atoms with Gasteiger partial charge in [-0.15, -0.1) is 0 Å². The van der Waals surface area contributed by atoms with Crippen molar-refractivity contribution in [1.29, 1.82) is 5.41 Å². The molecule has 1 aromatic rings. The van der Waals surface area contributed by atoms with Crippen molar-refractivity contribution in [2.45, 2.75) is 50.7 Å². The third kappa shape index (κ3) is 4.66. The highest BCUT2D eigenvalue weighted by Gasteiger charge is 2.44. The highest BCUT2D eigenvalue weighted by molar-refractivity contribution is 6.29. The van der Waals surface area contributed by atoms with Gasteiger partial charge in [-0.25, -0.2) is 0 Å². The molecule has 4 rings (SSSR count). The van der Waals surface area contributed by atoms with Crippen LogP contribution in [0.25, 0.3) is 5.57 Å². The molecule has 0 spiro atoms. The van der Waals surface area contributed by atoms with Gasteiger partial charge in [-0.2, -0.15) is 13.2 Å². The molecule has 0 aromatic carbocycles. The summed E-state index contributed by atoms with van der Waals surface area (Å²) in [6.07, 6.45) is 5.89. The Morgan fingerprint density at radius 2 is 2.15 bits per heavy atom. The number of piperidine rings is 1. The van der Waals surface area contributed by atoms with Crippen LogP contribution in [0.15, 0.2) is 58.9 Å². The molecule has 2 heterocycles. The number of halogens is 4. The van der Waals surface area contributed by atoms with Crippen molar-refractivity contribution in [3.63, 3.8) is 0 Å². The van der Waals surface area contributed by atoms with Gasteiger partial charge in [0.15, 0.2) is 0 Å². The molecule has 176 valence electrons. The first-order valence-electron chi connectivity index (χ1n) is 11.1. The van der Waals surface area contributed by atoms with E-state index in [4.69, 9.17) is 17.0 Å². The van der Waals surface area contributed by atoms with Gasteiger partial charge in [-0.1, -0.05) is 29.8 Å². The number of hydrogen-bond donors (Lipinski definition) is 3. The zero-order chi connectivity index (χ0) is 23.9. The first-order valence-corrected chi connectivity index (χ1v) is 11.5. The maximum Gasteiger partial charge on any atom is 0.416 e. The molecule has 1 aromatic heterocycles. The van der Waals surface area contributed by atoms with Crippen LogP contribution in [0.2, 0.25) is 0 Å². The smallest absolute Gasteiger partial charge is 0.379 e. The maximum absolute atomic E-state index is 13.3. The lowest BCUT2D eigenvalue weighted by atomic mass is 9.63. The fourth-order valence-corrected chi connectivity index (χ4v) is 5.17. The van der Waals surface area contributed by atoms with Gasteiger partial charge in [0.2, 0.25) is 0 Å². The first-order chi connectivity index (χ1) is 15.6. The summed E-state index contributed by atoms with van der Waals surface area (Å²) < 4.78 is 39.9. The second-order valence-electron chi connectivity index (χ2n) is 9.39. The number of alkyl halides is 3. The van der Waals surface area contributed by atoms with Crippen LogP contribution in [0, 0.1) is 10.8 Å². The van der Waals surface area contributed by atoms with Gasteiger partial charge in [-0.05, 0) is 74.9 Å². The van der Waals surface area contributed by atoms with Crippen LogP contribution in [0.5, 0.6) is 0 Å². The Hall–Kier alpha value is -2.38. The van der Waals surface area contributed by atoms with Crippen molar-refractivity contribution in [2.24, 2.45) is 5.41 Å². The average Bonchev–Trinajstić information content (AvgIpc) is 2.79. The Morgan fingerprint density at radius 1 is 1.36 bits per heavy atom. The third-order valence-corrected chi connectivity index (χ3v) is 7.39. The van der Waals surface area contributed by atoms with E-state index >= 15 is 0 Å². The lowest BCUT2D eigenvalue weighted by molar-refractivity contribution is -0.137. The molecule has 0 saturated carbocycles. The van der Waals surface area contributed by atoms with Crippen LogP contribution < -0.4 is 10.6 Å². The van der Waals surface area contributed by atoms with E-state index < -0.39 is 17.2 Å². The summed E-state index contributed by atoms with van der Waals surface area (Å²) in [5.74, 6) is 0. The zero-order valence-electron chi connectivity index (χ0n) is 18.6. The molecule has 2 atom stereocenters. The fourth-order valence-electron chi connectivity index (χ4n) is 4.99. The number of hydrogen-bond acceptors (Lipinski definition) is 4. The second-order valence-corrected chi connectivity index (χ2v) is 9.87.